The van der Waals surface area contributed by atoms with Gasteiger partial charge in [-0.25, -0.2) is 22.6 Å². The molecule has 4 rings (SSSR count). The van der Waals surface area contributed by atoms with Crippen LogP contribution in [0.4, 0.5) is 20.7 Å². The van der Waals surface area contributed by atoms with Crippen LogP contribution in [0.15, 0.2) is 96.0 Å². The lowest BCUT2D eigenvalue weighted by molar-refractivity contribution is 0.201. The van der Waals surface area contributed by atoms with Crippen LogP contribution in [0.25, 0.3) is 0 Å². The molecule has 0 aliphatic rings. The van der Waals surface area contributed by atoms with Crippen LogP contribution in [0.5, 0.6) is 11.5 Å². The Balaban J connectivity index is 1.46. The maximum absolute atomic E-state index is 14.8. The van der Waals surface area contributed by atoms with Gasteiger partial charge in [-0.15, -0.1) is 0 Å². The maximum atomic E-state index is 14.8. The van der Waals surface area contributed by atoms with E-state index in [0.29, 0.717) is 0 Å². The van der Waals surface area contributed by atoms with E-state index in [-0.39, 0.29) is 34.4 Å². The molecule has 0 aliphatic carbocycles. The molecule has 0 aliphatic heterocycles. The number of aromatic nitrogens is 1. The molecule has 1 heterocycles. The highest BCUT2D eigenvalue weighted by molar-refractivity contribution is 7.92. The molecule has 0 unspecified atom stereocenters. The van der Waals surface area contributed by atoms with Gasteiger partial charge in [-0.3, -0.25) is 9.62 Å². The Hall–Kier alpha value is -4.44. The third-order valence-corrected chi connectivity index (χ3v) is 6.55. The van der Waals surface area contributed by atoms with Crippen molar-refractivity contribution in [3.8, 4) is 11.5 Å². The molecule has 36 heavy (non-hydrogen) atoms. The van der Waals surface area contributed by atoms with Gasteiger partial charge in [0, 0.05) is 6.07 Å². The molecule has 10 heteroatoms. The number of sulfonamides is 1. The van der Waals surface area contributed by atoms with E-state index in [1.807, 2.05) is 13.0 Å². The van der Waals surface area contributed by atoms with Gasteiger partial charge in [0.05, 0.1) is 23.3 Å². The summed E-state index contributed by atoms with van der Waals surface area (Å²) in [6.07, 6.45) is 0.0269. The van der Waals surface area contributed by atoms with Gasteiger partial charge in [0.1, 0.15) is 11.6 Å². The fourth-order valence-corrected chi connectivity index (χ4v) is 4.33. The number of hydrogen-bond acceptors (Lipinski definition) is 5. The Labute approximate surface area is 207 Å². The van der Waals surface area contributed by atoms with Gasteiger partial charge in [-0.1, -0.05) is 48.0 Å². The van der Waals surface area contributed by atoms with E-state index in [0.717, 1.165) is 22.1 Å². The average molecular weight is 508 g/mol. The van der Waals surface area contributed by atoms with Crippen LogP contribution in [0, 0.1) is 12.7 Å². The smallest absolute Gasteiger partial charge is 0.412 e. The van der Waals surface area contributed by atoms with Crippen LogP contribution in [0.1, 0.15) is 11.1 Å². The Bertz CT molecular complexity index is 1460. The topological polar surface area (TPSA) is 109 Å². The molecule has 0 fully saturated rings. The van der Waals surface area contributed by atoms with Crippen LogP contribution >= 0.6 is 0 Å². The minimum atomic E-state index is -3.82. The summed E-state index contributed by atoms with van der Waals surface area (Å²) in [5.41, 5.74) is 1.83. The standard InChI is InChI=1S/C26H22FN3O5S/c1-18-7-11-22(12-8-18)36(33,34)29-25-14-10-21(16-28-25)35-24-13-9-20(15-23(24)27)30(26(31)32)17-19-5-3-2-4-6-19/h2-16H,17H2,1H3,(H,28,29)(H,31,32). The minimum absolute atomic E-state index is 0.0553. The summed E-state index contributed by atoms with van der Waals surface area (Å²) in [7, 11) is -3.82. The molecule has 1 amide bonds. The summed E-state index contributed by atoms with van der Waals surface area (Å²) in [5, 5.41) is 9.59. The summed E-state index contributed by atoms with van der Waals surface area (Å²) in [5.74, 6) is -0.675. The fraction of sp³-hybridized carbons (Fsp3) is 0.0769. The van der Waals surface area contributed by atoms with Crippen LogP contribution in [-0.2, 0) is 16.6 Å². The summed E-state index contributed by atoms with van der Waals surface area (Å²) in [4.78, 5) is 16.9. The van der Waals surface area contributed by atoms with Gasteiger partial charge in [-0.05, 0) is 48.9 Å². The van der Waals surface area contributed by atoms with Crippen molar-refractivity contribution >= 4 is 27.6 Å². The Morgan fingerprint density at radius 1 is 1.03 bits per heavy atom. The lowest BCUT2D eigenvalue weighted by Crippen LogP contribution is -2.28. The van der Waals surface area contributed by atoms with Crippen LogP contribution in [0.3, 0.4) is 0 Å². The molecule has 1 aromatic heterocycles. The van der Waals surface area contributed by atoms with E-state index in [1.54, 1.807) is 36.4 Å². The Kier molecular flexibility index (Phi) is 7.16. The van der Waals surface area contributed by atoms with Crippen LogP contribution < -0.4 is 14.4 Å². The molecule has 0 radical (unpaired) electrons. The number of nitrogens with zero attached hydrogens (tertiary/aromatic N) is 2. The number of rotatable bonds is 8. The normalized spacial score (nSPS) is 11.1. The molecule has 3 aromatic carbocycles. The number of pyridine rings is 1. The number of anilines is 2. The lowest BCUT2D eigenvalue weighted by atomic mass is 10.2. The number of halogens is 1. The molecule has 0 atom stereocenters. The highest BCUT2D eigenvalue weighted by Crippen LogP contribution is 2.29. The van der Waals surface area contributed by atoms with Crippen molar-refractivity contribution in [1.82, 2.24) is 4.98 Å². The second kappa shape index (κ2) is 10.4. The molecule has 0 saturated heterocycles. The fourth-order valence-electron chi connectivity index (χ4n) is 3.32. The third-order valence-electron chi connectivity index (χ3n) is 5.18. The molecular formula is C26H22FN3O5S. The summed E-state index contributed by atoms with van der Waals surface area (Å²) < 4.78 is 47.7. The predicted octanol–water partition coefficient (Wildman–Crippen LogP) is 5.81. The van der Waals surface area contributed by atoms with Crippen molar-refractivity contribution in [3.05, 3.63) is 108 Å². The second-order valence-corrected chi connectivity index (χ2v) is 9.55. The van der Waals surface area contributed by atoms with E-state index in [2.05, 4.69) is 9.71 Å². The quantitative estimate of drug-likeness (QED) is 0.312. The number of amides is 1. The molecule has 184 valence electrons. The van der Waals surface area contributed by atoms with E-state index in [4.69, 9.17) is 4.74 Å². The van der Waals surface area contributed by atoms with E-state index < -0.39 is 21.9 Å². The van der Waals surface area contributed by atoms with Crippen molar-refractivity contribution in [3.63, 3.8) is 0 Å². The zero-order valence-electron chi connectivity index (χ0n) is 19.1. The van der Waals surface area contributed by atoms with Crippen molar-refractivity contribution < 1.29 is 27.4 Å². The zero-order valence-corrected chi connectivity index (χ0v) is 19.9. The monoisotopic (exact) mass is 507 g/mol. The van der Waals surface area contributed by atoms with Crippen molar-refractivity contribution in [2.24, 2.45) is 0 Å². The third kappa shape index (κ3) is 5.97. The average Bonchev–Trinajstić information content (AvgIpc) is 2.85. The summed E-state index contributed by atoms with van der Waals surface area (Å²) >= 11 is 0. The number of hydrogen-bond donors (Lipinski definition) is 2. The minimum Gasteiger partial charge on any atom is -0.465 e. The SMILES string of the molecule is Cc1ccc(S(=O)(=O)Nc2ccc(Oc3ccc(N(Cc4ccccc4)C(=O)O)cc3F)cn2)cc1. The van der Waals surface area contributed by atoms with Gasteiger partial charge < -0.3 is 9.84 Å². The highest BCUT2D eigenvalue weighted by Gasteiger charge is 2.18. The van der Waals surface area contributed by atoms with Crippen molar-refractivity contribution in [1.29, 1.82) is 0 Å². The van der Waals surface area contributed by atoms with E-state index in [1.165, 1.54) is 42.6 Å². The number of benzene rings is 3. The van der Waals surface area contributed by atoms with Gasteiger partial charge in [-0.2, -0.15) is 0 Å². The lowest BCUT2D eigenvalue weighted by Gasteiger charge is -2.20. The maximum Gasteiger partial charge on any atom is 0.412 e. The van der Waals surface area contributed by atoms with Crippen LogP contribution in [0.2, 0.25) is 0 Å². The second-order valence-electron chi connectivity index (χ2n) is 7.87. The number of carbonyl (C=O) groups is 1. The van der Waals surface area contributed by atoms with Gasteiger partial charge in [0.15, 0.2) is 11.6 Å². The summed E-state index contributed by atoms with van der Waals surface area (Å²) in [6.45, 7) is 1.91. The first-order valence-electron chi connectivity index (χ1n) is 10.8. The number of nitrogens with one attached hydrogen (secondary N) is 1. The zero-order chi connectivity index (χ0) is 25.7. The predicted molar refractivity (Wildman–Crippen MR) is 133 cm³/mol. The molecule has 8 nitrogen and oxygen atoms in total. The van der Waals surface area contributed by atoms with E-state index >= 15 is 0 Å². The molecule has 0 bridgehead atoms. The molecule has 0 saturated carbocycles. The molecule has 4 aromatic rings. The van der Waals surface area contributed by atoms with Gasteiger partial charge >= 0.3 is 6.09 Å². The van der Waals surface area contributed by atoms with Crippen molar-refractivity contribution in [2.75, 3.05) is 9.62 Å². The summed E-state index contributed by atoms with van der Waals surface area (Å²) in [6, 6.07) is 22.0. The van der Waals surface area contributed by atoms with Crippen LogP contribution in [-0.4, -0.2) is 24.6 Å². The first-order valence-corrected chi connectivity index (χ1v) is 12.3. The number of carboxylic acid groups (broad SMARTS) is 1. The Morgan fingerprint density at radius 2 is 1.75 bits per heavy atom. The van der Waals surface area contributed by atoms with Gasteiger partial charge in [0.2, 0.25) is 0 Å². The van der Waals surface area contributed by atoms with Crippen molar-refractivity contribution in [2.45, 2.75) is 18.4 Å². The molecule has 0 spiro atoms. The highest BCUT2D eigenvalue weighted by atomic mass is 32.2. The number of aryl methyl sites for hydroxylation is 1. The Morgan fingerprint density at radius 3 is 2.36 bits per heavy atom. The first-order chi connectivity index (χ1) is 17.2. The molecular weight excluding hydrogens is 485 g/mol. The van der Waals surface area contributed by atoms with Gasteiger partial charge in [0.25, 0.3) is 10.0 Å². The molecule has 2 N–H and O–H groups in total. The van der Waals surface area contributed by atoms with E-state index in [9.17, 15) is 22.7 Å². The largest absolute Gasteiger partial charge is 0.465 e. The first kappa shape index (κ1) is 24.7. The number of ether oxygens (including phenoxy) is 1.